The Kier molecular flexibility index (Phi) is 6.54. The van der Waals surface area contributed by atoms with E-state index in [0.717, 1.165) is 16.8 Å². The molecule has 10 heteroatoms. The van der Waals surface area contributed by atoms with Crippen molar-refractivity contribution < 1.29 is 9.53 Å². The zero-order valence-corrected chi connectivity index (χ0v) is 21.9. The van der Waals surface area contributed by atoms with E-state index in [1.807, 2.05) is 56.3 Å². The van der Waals surface area contributed by atoms with E-state index >= 15 is 0 Å². The smallest absolute Gasteiger partial charge is 0.263 e. The summed E-state index contributed by atoms with van der Waals surface area (Å²) in [5, 5.41) is 12.0. The Balaban J connectivity index is 1.42. The van der Waals surface area contributed by atoms with Crippen LogP contribution in [-0.2, 0) is 4.79 Å². The lowest BCUT2D eigenvalue weighted by Crippen LogP contribution is -2.23. The molecule has 0 spiro atoms. The lowest BCUT2D eigenvalue weighted by Gasteiger charge is -2.11. The minimum Gasteiger partial charge on any atom is -0.484 e. The van der Waals surface area contributed by atoms with Crippen LogP contribution in [0.25, 0.3) is 22.7 Å². The maximum Gasteiger partial charge on any atom is 0.263 e. The first-order valence-corrected chi connectivity index (χ1v) is 12.4. The van der Waals surface area contributed by atoms with Crippen LogP contribution in [0.1, 0.15) is 42.1 Å². The molecule has 0 saturated heterocycles. The van der Waals surface area contributed by atoms with Gasteiger partial charge in [0.15, 0.2) is 12.3 Å². The third kappa shape index (κ3) is 4.80. The fraction of sp³-hybridized carbons (Fsp3) is 0.250. The molecule has 10 nitrogen and oxygen atoms in total. The molecule has 194 valence electrons. The summed E-state index contributed by atoms with van der Waals surface area (Å²) in [5.74, 6) is 1.15. The van der Waals surface area contributed by atoms with Crippen molar-refractivity contribution in [2.45, 2.75) is 40.5 Å². The van der Waals surface area contributed by atoms with Gasteiger partial charge in [0.05, 0.1) is 17.6 Å². The van der Waals surface area contributed by atoms with Crippen LogP contribution < -0.4 is 15.6 Å². The number of amides is 1. The number of H-pyrrole nitrogens is 1. The van der Waals surface area contributed by atoms with Crippen molar-refractivity contribution in [3.8, 4) is 17.4 Å². The van der Waals surface area contributed by atoms with Gasteiger partial charge in [-0.1, -0.05) is 38.1 Å². The Hall–Kier alpha value is -4.73. The summed E-state index contributed by atoms with van der Waals surface area (Å²) in [6.45, 7) is 9.85. The molecule has 0 bridgehead atoms. The summed E-state index contributed by atoms with van der Waals surface area (Å²) in [6.07, 6.45) is 1.49. The van der Waals surface area contributed by atoms with E-state index in [0.29, 0.717) is 34.2 Å². The number of ether oxygens (including phenoxy) is 1. The average Bonchev–Trinajstić information content (AvgIpc) is 3.48. The molecule has 3 heterocycles. The molecular weight excluding hydrogens is 482 g/mol. The van der Waals surface area contributed by atoms with Crippen molar-refractivity contribution in [1.82, 2.24) is 29.5 Å². The molecule has 0 atom stereocenters. The Morgan fingerprint density at radius 1 is 1.08 bits per heavy atom. The second-order valence-corrected chi connectivity index (χ2v) is 9.55. The van der Waals surface area contributed by atoms with Crippen LogP contribution >= 0.6 is 0 Å². The highest BCUT2D eigenvalue weighted by Crippen LogP contribution is 2.22. The second kappa shape index (κ2) is 9.97. The number of carbonyl (C=O) groups is 1. The number of nitrogens with one attached hydrogen (secondary N) is 2. The van der Waals surface area contributed by atoms with Crippen molar-refractivity contribution in [2.75, 3.05) is 11.9 Å². The highest BCUT2D eigenvalue weighted by molar-refractivity contribution is 5.91. The normalized spacial score (nSPS) is 11.3. The van der Waals surface area contributed by atoms with Crippen LogP contribution in [0.4, 0.5) is 5.82 Å². The van der Waals surface area contributed by atoms with Gasteiger partial charge in [-0.2, -0.15) is 19.9 Å². The molecule has 0 aliphatic carbocycles. The Bertz CT molecular complexity index is 1690. The summed E-state index contributed by atoms with van der Waals surface area (Å²) in [6, 6.07) is 15.2. The predicted molar refractivity (Wildman–Crippen MR) is 145 cm³/mol. The van der Waals surface area contributed by atoms with Crippen LogP contribution in [-0.4, -0.2) is 42.0 Å². The number of fused-ring (bicyclic) bond motifs is 1. The molecule has 38 heavy (non-hydrogen) atoms. The van der Waals surface area contributed by atoms with Crippen LogP contribution in [0.3, 0.4) is 0 Å². The zero-order chi connectivity index (χ0) is 27.0. The standard InChI is InChI=1S/C28H29N7O3/c1-16(2)20-9-11-21(12-10-20)38-15-25(36)30-24-13-18(4)33-35(24)28-31-26-22(27(37)32-28)14-29-34(26)23-8-6-7-17(3)19(23)5/h6-14,16H,15H2,1-5H3,(H,30,36)(H,31,32,37). The van der Waals surface area contributed by atoms with Gasteiger partial charge in [-0.05, 0) is 61.6 Å². The van der Waals surface area contributed by atoms with Gasteiger partial charge < -0.3 is 10.1 Å². The molecule has 0 aliphatic heterocycles. The first-order valence-electron chi connectivity index (χ1n) is 12.4. The second-order valence-electron chi connectivity index (χ2n) is 9.55. The maximum atomic E-state index is 12.9. The predicted octanol–water partition coefficient (Wildman–Crippen LogP) is 4.36. The number of benzene rings is 2. The minimum absolute atomic E-state index is 0.156. The summed E-state index contributed by atoms with van der Waals surface area (Å²) < 4.78 is 8.69. The fourth-order valence-electron chi connectivity index (χ4n) is 4.18. The Morgan fingerprint density at radius 2 is 1.84 bits per heavy atom. The summed E-state index contributed by atoms with van der Waals surface area (Å²) >= 11 is 0. The van der Waals surface area contributed by atoms with Crippen molar-refractivity contribution >= 4 is 22.8 Å². The number of aromatic nitrogens is 6. The van der Waals surface area contributed by atoms with Gasteiger partial charge in [-0.15, -0.1) is 0 Å². The molecule has 1 amide bonds. The number of aryl methyl sites for hydroxylation is 2. The molecule has 0 unspecified atom stereocenters. The number of hydrogen-bond donors (Lipinski definition) is 2. The minimum atomic E-state index is -0.372. The van der Waals surface area contributed by atoms with Crippen LogP contribution in [0.15, 0.2) is 59.5 Å². The van der Waals surface area contributed by atoms with E-state index in [-0.39, 0.29) is 24.0 Å². The molecule has 3 aromatic heterocycles. The van der Waals surface area contributed by atoms with Crippen molar-refractivity contribution in [3.63, 3.8) is 0 Å². The van der Waals surface area contributed by atoms with E-state index in [1.165, 1.54) is 16.4 Å². The van der Waals surface area contributed by atoms with Crippen LogP contribution in [0.2, 0.25) is 0 Å². The molecule has 2 aromatic carbocycles. The van der Waals surface area contributed by atoms with E-state index in [4.69, 9.17) is 4.74 Å². The van der Waals surface area contributed by atoms with E-state index in [9.17, 15) is 9.59 Å². The van der Waals surface area contributed by atoms with Gasteiger partial charge in [0.1, 0.15) is 17.0 Å². The van der Waals surface area contributed by atoms with Gasteiger partial charge in [0.2, 0.25) is 5.95 Å². The molecular formula is C28H29N7O3. The molecule has 5 rings (SSSR count). The van der Waals surface area contributed by atoms with Gasteiger partial charge in [-0.25, -0.2) is 4.68 Å². The number of nitrogens with zero attached hydrogens (tertiary/aromatic N) is 5. The maximum absolute atomic E-state index is 12.9. The third-order valence-electron chi connectivity index (χ3n) is 6.45. The van der Waals surface area contributed by atoms with E-state index in [2.05, 4.69) is 39.3 Å². The van der Waals surface area contributed by atoms with Crippen LogP contribution in [0, 0.1) is 20.8 Å². The first kappa shape index (κ1) is 24.9. The highest BCUT2D eigenvalue weighted by Gasteiger charge is 2.18. The SMILES string of the molecule is Cc1cc(NC(=O)COc2ccc(C(C)C)cc2)n(-c2nc3c(cnn3-c3cccc(C)c3C)c(=O)[nH]2)n1. The number of rotatable bonds is 7. The molecule has 0 saturated carbocycles. The van der Waals surface area contributed by atoms with E-state index in [1.54, 1.807) is 17.7 Å². The molecule has 0 aliphatic rings. The third-order valence-corrected chi connectivity index (χ3v) is 6.45. The fourth-order valence-corrected chi connectivity index (χ4v) is 4.18. The molecule has 5 aromatic rings. The number of carbonyl (C=O) groups excluding carboxylic acids is 1. The molecule has 2 N–H and O–H groups in total. The number of hydrogen-bond acceptors (Lipinski definition) is 6. The van der Waals surface area contributed by atoms with Crippen molar-refractivity contribution in [2.24, 2.45) is 0 Å². The van der Waals surface area contributed by atoms with Crippen molar-refractivity contribution in [1.29, 1.82) is 0 Å². The monoisotopic (exact) mass is 511 g/mol. The van der Waals surface area contributed by atoms with Crippen LogP contribution in [0.5, 0.6) is 5.75 Å². The largest absolute Gasteiger partial charge is 0.484 e. The summed E-state index contributed by atoms with van der Waals surface area (Å²) in [5.41, 5.74) is 4.81. The lowest BCUT2D eigenvalue weighted by molar-refractivity contribution is -0.118. The topological polar surface area (TPSA) is 120 Å². The average molecular weight is 512 g/mol. The Labute approximate surface area is 219 Å². The zero-order valence-electron chi connectivity index (χ0n) is 21.9. The first-order chi connectivity index (χ1) is 18.2. The quantitative estimate of drug-likeness (QED) is 0.335. The number of aromatic amines is 1. The van der Waals surface area contributed by atoms with Gasteiger partial charge in [0, 0.05) is 6.07 Å². The van der Waals surface area contributed by atoms with Gasteiger partial charge >= 0.3 is 0 Å². The lowest BCUT2D eigenvalue weighted by atomic mass is 10.0. The Morgan fingerprint density at radius 3 is 2.58 bits per heavy atom. The summed E-state index contributed by atoms with van der Waals surface area (Å²) in [4.78, 5) is 33.1. The van der Waals surface area contributed by atoms with Gasteiger partial charge in [-0.3, -0.25) is 14.6 Å². The van der Waals surface area contributed by atoms with Gasteiger partial charge in [0.25, 0.3) is 11.5 Å². The van der Waals surface area contributed by atoms with E-state index < -0.39 is 0 Å². The summed E-state index contributed by atoms with van der Waals surface area (Å²) in [7, 11) is 0. The van der Waals surface area contributed by atoms with Crippen molar-refractivity contribution in [3.05, 3.63) is 87.5 Å². The number of anilines is 1. The molecule has 0 fully saturated rings. The molecule has 0 radical (unpaired) electrons. The highest BCUT2D eigenvalue weighted by atomic mass is 16.5.